The maximum atomic E-state index is 13.0. The lowest BCUT2D eigenvalue weighted by molar-refractivity contribution is -0.116. The first-order chi connectivity index (χ1) is 8.54. The third-order valence-electron chi connectivity index (χ3n) is 2.32. The molecule has 1 aromatic carbocycles. The Hall–Kier alpha value is -1.95. The molecule has 0 bridgehead atoms. The van der Waals surface area contributed by atoms with Crippen molar-refractivity contribution < 1.29 is 19.1 Å². The molecule has 0 unspecified atom stereocenters. The molecule has 0 radical (unpaired) electrons. The Kier molecular flexibility index (Phi) is 5.26. The van der Waals surface area contributed by atoms with Crippen LogP contribution in [0.1, 0.15) is 23.2 Å². The van der Waals surface area contributed by atoms with E-state index in [2.05, 4.69) is 10.6 Å². The topological polar surface area (TPSA) is 78.4 Å². The van der Waals surface area contributed by atoms with Crippen LogP contribution in [0.4, 0.5) is 10.1 Å². The van der Waals surface area contributed by atoms with Crippen molar-refractivity contribution in [2.75, 3.05) is 18.9 Å². The fourth-order valence-electron chi connectivity index (χ4n) is 1.44. The molecule has 3 N–H and O–H groups in total. The maximum Gasteiger partial charge on any atom is 0.337 e. The molecule has 0 aliphatic heterocycles. The molecule has 1 aromatic rings. The first-order valence-electron chi connectivity index (χ1n) is 5.52. The van der Waals surface area contributed by atoms with Crippen molar-refractivity contribution in [2.45, 2.75) is 12.8 Å². The third kappa shape index (κ3) is 4.14. The largest absolute Gasteiger partial charge is 0.478 e. The second kappa shape index (κ2) is 6.70. The lowest BCUT2D eigenvalue weighted by Gasteiger charge is -2.08. The van der Waals surface area contributed by atoms with Crippen LogP contribution in [0.5, 0.6) is 0 Å². The number of hydrogen-bond acceptors (Lipinski definition) is 3. The van der Waals surface area contributed by atoms with Crippen molar-refractivity contribution in [3.05, 3.63) is 29.6 Å². The number of benzene rings is 1. The summed E-state index contributed by atoms with van der Waals surface area (Å²) in [6, 6.07) is 3.17. The van der Waals surface area contributed by atoms with Gasteiger partial charge in [-0.25, -0.2) is 9.18 Å². The minimum absolute atomic E-state index is 0.0167. The predicted octanol–water partition coefficient (Wildman–Crippen LogP) is 1.46. The normalized spacial score (nSPS) is 10.1. The molecule has 5 nitrogen and oxygen atoms in total. The lowest BCUT2D eigenvalue weighted by Crippen LogP contribution is -2.17. The molecule has 0 aliphatic rings. The van der Waals surface area contributed by atoms with E-state index in [9.17, 15) is 14.0 Å². The minimum Gasteiger partial charge on any atom is -0.478 e. The smallest absolute Gasteiger partial charge is 0.337 e. The summed E-state index contributed by atoms with van der Waals surface area (Å²) in [5, 5.41) is 14.2. The summed E-state index contributed by atoms with van der Waals surface area (Å²) in [7, 11) is 1.77. The number of anilines is 1. The van der Waals surface area contributed by atoms with Gasteiger partial charge in [0.2, 0.25) is 5.91 Å². The quantitative estimate of drug-likeness (QED) is 0.672. The Bertz CT molecular complexity index is 449. The molecule has 0 aliphatic carbocycles. The van der Waals surface area contributed by atoms with E-state index in [-0.39, 0.29) is 23.6 Å². The Labute approximate surface area is 104 Å². The van der Waals surface area contributed by atoms with Crippen LogP contribution in [0.3, 0.4) is 0 Å². The average Bonchev–Trinajstić information content (AvgIpc) is 2.29. The Morgan fingerprint density at radius 3 is 2.72 bits per heavy atom. The number of halogens is 1. The number of rotatable bonds is 6. The molecule has 0 heterocycles. The number of hydrogen-bond donors (Lipinski definition) is 3. The fourth-order valence-corrected chi connectivity index (χ4v) is 1.44. The zero-order valence-electron chi connectivity index (χ0n) is 10.00. The first kappa shape index (κ1) is 14.1. The van der Waals surface area contributed by atoms with E-state index in [1.54, 1.807) is 7.05 Å². The molecule has 98 valence electrons. The second-order valence-electron chi connectivity index (χ2n) is 3.75. The molecular formula is C12H15FN2O3. The number of carbonyl (C=O) groups is 2. The molecule has 0 aromatic heterocycles. The van der Waals surface area contributed by atoms with Crippen molar-refractivity contribution in [2.24, 2.45) is 0 Å². The Morgan fingerprint density at radius 1 is 1.39 bits per heavy atom. The number of aromatic carboxylic acids is 1. The standard InChI is InChI=1S/C12H15FN2O3/c1-14-6-2-3-11(16)15-10-7-8(13)4-5-9(10)12(17)18/h4-5,7,14H,2-3,6H2,1H3,(H,15,16)(H,17,18). The van der Waals surface area contributed by atoms with Crippen LogP contribution in [0.15, 0.2) is 18.2 Å². The van der Waals surface area contributed by atoms with E-state index in [4.69, 9.17) is 5.11 Å². The summed E-state index contributed by atoms with van der Waals surface area (Å²) in [5.74, 6) is -2.13. The van der Waals surface area contributed by atoms with Crippen LogP contribution in [-0.4, -0.2) is 30.6 Å². The van der Waals surface area contributed by atoms with Crippen LogP contribution in [0.2, 0.25) is 0 Å². The lowest BCUT2D eigenvalue weighted by atomic mass is 10.1. The Balaban J connectivity index is 2.73. The van der Waals surface area contributed by atoms with Gasteiger partial charge in [0.1, 0.15) is 5.82 Å². The summed E-state index contributed by atoms with van der Waals surface area (Å²) >= 11 is 0. The van der Waals surface area contributed by atoms with Gasteiger partial charge < -0.3 is 15.7 Å². The van der Waals surface area contributed by atoms with Crippen molar-refractivity contribution in [3.8, 4) is 0 Å². The van der Waals surface area contributed by atoms with Crippen molar-refractivity contribution in [3.63, 3.8) is 0 Å². The summed E-state index contributed by atoms with van der Waals surface area (Å²) in [5.41, 5.74) is -0.143. The molecule has 1 amide bonds. The SMILES string of the molecule is CNCCCC(=O)Nc1cc(F)ccc1C(=O)O. The second-order valence-corrected chi connectivity index (χ2v) is 3.75. The summed E-state index contributed by atoms with van der Waals surface area (Å²) in [6.07, 6.45) is 0.871. The van der Waals surface area contributed by atoms with Crippen molar-refractivity contribution in [1.82, 2.24) is 5.32 Å². The fraction of sp³-hybridized carbons (Fsp3) is 0.333. The van der Waals surface area contributed by atoms with Crippen LogP contribution < -0.4 is 10.6 Å². The van der Waals surface area contributed by atoms with Gasteiger partial charge in [-0.2, -0.15) is 0 Å². The Morgan fingerprint density at radius 2 is 2.11 bits per heavy atom. The number of carboxylic acid groups (broad SMARTS) is 1. The predicted molar refractivity (Wildman–Crippen MR) is 65.1 cm³/mol. The van der Waals surface area contributed by atoms with E-state index >= 15 is 0 Å². The highest BCUT2D eigenvalue weighted by molar-refractivity contribution is 6.00. The molecular weight excluding hydrogens is 239 g/mol. The first-order valence-corrected chi connectivity index (χ1v) is 5.52. The molecule has 0 saturated carbocycles. The maximum absolute atomic E-state index is 13.0. The van der Waals surface area contributed by atoms with Gasteiger partial charge in [0.05, 0.1) is 11.3 Å². The van der Waals surface area contributed by atoms with Gasteiger partial charge in [-0.15, -0.1) is 0 Å². The highest BCUT2D eigenvalue weighted by Gasteiger charge is 2.13. The van der Waals surface area contributed by atoms with Crippen LogP contribution in [-0.2, 0) is 4.79 Å². The molecule has 0 saturated heterocycles. The van der Waals surface area contributed by atoms with Gasteiger partial charge in [-0.1, -0.05) is 0 Å². The minimum atomic E-state index is -1.21. The van der Waals surface area contributed by atoms with E-state index in [1.807, 2.05) is 0 Å². The zero-order valence-corrected chi connectivity index (χ0v) is 10.00. The van der Waals surface area contributed by atoms with E-state index in [1.165, 1.54) is 0 Å². The molecule has 6 heteroatoms. The van der Waals surface area contributed by atoms with Crippen LogP contribution in [0, 0.1) is 5.82 Å². The number of carbonyl (C=O) groups excluding carboxylic acids is 1. The van der Waals surface area contributed by atoms with Crippen molar-refractivity contribution >= 4 is 17.6 Å². The summed E-state index contributed by atoms with van der Waals surface area (Å²) in [6.45, 7) is 0.683. The molecule has 0 atom stereocenters. The number of amides is 1. The van der Waals surface area contributed by atoms with Gasteiger partial charge in [0.25, 0.3) is 0 Å². The van der Waals surface area contributed by atoms with E-state index in [0.717, 1.165) is 18.2 Å². The molecule has 0 fully saturated rings. The van der Waals surface area contributed by atoms with Crippen LogP contribution >= 0.6 is 0 Å². The van der Waals surface area contributed by atoms with Gasteiger partial charge in [-0.3, -0.25) is 4.79 Å². The monoisotopic (exact) mass is 254 g/mol. The summed E-state index contributed by atoms with van der Waals surface area (Å²) in [4.78, 5) is 22.4. The highest BCUT2D eigenvalue weighted by Crippen LogP contribution is 2.17. The summed E-state index contributed by atoms with van der Waals surface area (Å²) < 4.78 is 13.0. The van der Waals surface area contributed by atoms with E-state index < -0.39 is 11.8 Å². The number of carboxylic acids is 1. The third-order valence-corrected chi connectivity index (χ3v) is 2.32. The molecule has 18 heavy (non-hydrogen) atoms. The van der Waals surface area contributed by atoms with E-state index in [0.29, 0.717) is 13.0 Å². The zero-order chi connectivity index (χ0) is 13.5. The van der Waals surface area contributed by atoms with Crippen molar-refractivity contribution in [1.29, 1.82) is 0 Å². The van der Waals surface area contributed by atoms with Gasteiger partial charge in [0, 0.05) is 6.42 Å². The van der Waals surface area contributed by atoms with Gasteiger partial charge in [-0.05, 0) is 38.2 Å². The molecule has 0 spiro atoms. The van der Waals surface area contributed by atoms with Gasteiger partial charge in [0.15, 0.2) is 0 Å². The average molecular weight is 254 g/mol. The number of nitrogens with one attached hydrogen (secondary N) is 2. The highest BCUT2D eigenvalue weighted by atomic mass is 19.1. The van der Waals surface area contributed by atoms with Gasteiger partial charge >= 0.3 is 5.97 Å². The van der Waals surface area contributed by atoms with Crippen LogP contribution in [0.25, 0.3) is 0 Å². The molecule has 1 rings (SSSR count).